The van der Waals surface area contributed by atoms with E-state index >= 15 is 0 Å². The molecule has 128 valence electrons. The molecule has 0 spiro atoms. The summed E-state index contributed by atoms with van der Waals surface area (Å²) in [5.41, 5.74) is 0.703. The standard InChI is InChI=1S/C18H24N4OS/c1-14-6-9-22(10-7-14)16(17-5-3-11-24-17)13-20-18(23)21-15-4-2-8-19-12-15/h2-5,8,11-12,14,16H,6-7,9-10,13H2,1H3,(H2,20,21,23). The maximum absolute atomic E-state index is 12.2. The molecular formula is C18H24N4OS. The number of nitrogens with one attached hydrogen (secondary N) is 2. The number of urea groups is 1. The van der Waals surface area contributed by atoms with Gasteiger partial charge in [0.25, 0.3) is 0 Å². The predicted octanol–water partition coefficient (Wildman–Crippen LogP) is 3.74. The normalized spacial score (nSPS) is 17.4. The van der Waals surface area contributed by atoms with E-state index in [9.17, 15) is 4.79 Å². The molecule has 6 heteroatoms. The van der Waals surface area contributed by atoms with Gasteiger partial charge in [-0.05, 0) is 55.4 Å². The Balaban J connectivity index is 1.59. The lowest BCUT2D eigenvalue weighted by Crippen LogP contribution is -2.42. The molecule has 0 radical (unpaired) electrons. The van der Waals surface area contributed by atoms with Gasteiger partial charge in [0.2, 0.25) is 0 Å². The Labute approximate surface area is 147 Å². The summed E-state index contributed by atoms with van der Waals surface area (Å²) in [5.74, 6) is 0.798. The van der Waals surface area contributed by atoms with Gasteiger partial charge in [-0.25, -0.2) is 4.79 Å². The lowest BCUT2D eigenvalue weighted by molar-refractivity contribution is 0.138. The number of anilines is 1. The van der Waals surface area contributed by atoms with Crippen LogP contribution in [-0.4, -0.2) is 35.5 Å². The molecule has 0 saturated carbocycles. The van der Waals surface area contributed by atoms with Crippen LogP contribution in [0.3, 0.4) is 0 Å². The first-order valence-electron chi connectivity index (χ1n) is 8.44. The number of thiophene rings is 1. The molecule has 0 bridgehead atoms. The Kier molecular flexibility index (Phi) is 5.82. The van der Waals surface area contributed by atoms with E-state index in [4.69, 9.17) is 0 Å². The molecule has 1 saturated heterocycles. The van der Waals surface area contributed by atoms with E-state index in [1.165, 1.54) is 17.7 Å². The maximum atomic E-state index is 12.2. The quantitative estimate of drug-likeness (QED) is 0.869. The van der Waals surface area contributed by atoms with Gasteiger partial charge in [0.15, 0.2) is 0 Å². The molecule has 1 atom stereocenters. The molecule has 2 N–H and O–H groups in total. The van der Waals surface area contributed by atoms with Crippen molar-refractivity contribution in [2.75, 3.05) is 25.0 Å². The van der Waals surface area contributed by atoms with Crippen molar-refractivity contribution in [3.63, 3.8) is 0 Å². The van der Waals surface area contributed by atoms with Gasteiger partial charge in [-0.15, -0.1) is 11.3 Å². The van der Waals surface area contributed by atoms with Crippen LogP contribution in [0.15, 0.2) is 42.0 Å². The van der Waals surface area contributed by atoms with Crippen molar-refractivity contribution >= 4 is 23.1 Å². The summed E-state index contributed by atoms with van der Waals surface area (Å²) in [4.78, 5) is 20.0. The number of hydrogen-bond acceptors (Lipinski definition) is 4. The van der Waals surface area contributed by atoms with Crippen LogP contribution in [0.5, 0.6) is 0 Å². The van der Waals surface area contributed by atoms with E-state index in [0.29, 0.717) is 12.2 Å². The van der Waals surface area contributed by atoms with Gasteiger partial charge in [0, 0.05) is 17.6 Å². The zero-order valence-electron chi connectivity index (χ0n) is 13.9. The fraction of sp³-hybridized carbons (Fsp3) is 0.444. The summed E-state index contributed by atoms with van der Waals surface area (Å²) in [5, 5.41) is 7.94. The second kappa shape index (κ2) is 8.26. The van der Waals surface area contributed by atoms with Crippen molar-refractivity contribution in [3.8, 4) is 0 Å². The number of nitrogens with zero attached hydrogens (tertiary/aromatic N) is 2. The van der Waals surface area contributed by atoms with Gasteiger partial charge in [0.1, 0.15) is 0 Å². The number of piperidine rings is 1. The topological polar surface area (TPSA) is 57.3 Å². The number of hydrogen-bond donors (Lipinski definition) is 2. The van der Waals surface area contributed by atoms with Gasteiger partial charge >= 0.3 is 6.03 Å². The van der Waals surface area contributed by atoms with E-state index < -0.39 is 0 Å². The summed E-state index contributed by atoms with van der Waals surface area (Å²) >= 11 is 1.76. The molecule has 24 heavy (non-hydrogen) atoms. The highest BCUT2D eigenvalue weighted by Crippen LogP contribution is 2.29. The van der Waals surface area contributed by atoms with Gasteiger partial charge in [-0.2, -0.15) is 0 Å². The first kappa shape index (κ1) is 16.9. The van der Waals surface area contributed by atoms with Crippen LogP contribution in [0.4, 0.5) is 10.5 Å². The molecule has 2 amide bonds. The highest BCUT2D eigenvalue weighted by Gasteiger charge is 2.25. The van der Waals surface area contributed by atoms with Crippen LogP contribution in [0.2, 0.25) is 0 Å². The molecule has 1 fully saturated rings. The Bertz CT molecular complexity index is 624. The van der Waals surface area contributed by atoms with Crippen molar-refractivity contribution < 1.29 is 4.79 Å². The van der Waals surface area contributed by atoms with Crippen LogP contribution in [0, 0.1) is 5.92 Å². The molecule has 3 rings (SSSR count). The maximum Gasteiger partial charge on any atom is 0.319 e. The van der Waals surface area contributed by atoms with E-state index in [0.717, 1.165) is 19.0 Å². The summed E-state index contributed by atoms with van der Waals surface area (Å²) < 4.78 is 0. The molecule has 2 aromatic rings. The minimum Gasteiger partial charge on any atom is -0.336 e. The fourth-order valence-corrected chi connectivity index (χ4v) is 3.89. The second-order valence-electron chi connectivity index (χ2n) is 6.33. The molecule has 0 aliphatic carbocycles. The highest BCUT2D eigenvalue weighted by molar-refractivity contribution is 7.10. The SMILES string of the molecule is CC1CCN(C(CNC(=O)Nc2cccnc2)c2cccs2)CC1. The number of pyridine rings is 1. The van der Waals surface area contributed by atoms with E-state index in [1.807, 2.05) is 6.07 Å². The number of rotatable bonds is 5. The Morgan fingerprint density at radius 2 is 2.21 bits per heavy atom. The Morgan fingerprint density at radius 3 is 2.88 bits per heavy atom. The second-order valence-corrected chi connectivity index (χ2v) is 7.31. The lowest BCUT2D eigenvalue weighted by atomic mass is 9.97. The molecule has 1 aliphatic heterocycles. The third-order valence-electron chi connectivity index (χ3n) is 4.51. The van der Waals surface area contributed by atoms with Crippen molar-refractivity contribution in [3.05, 3.63) is 46.9 Å². The van der Waals surface area contributed by atoms with Crippen molar-refractivity contribution in [2.24, 2.45) is 5.92 Å². The Morgan fingerprint density at radius 1 is 1.38 bits per heavy atom. The summed E-state index contributed by atoms with van der Waals surface area (Å²) in [6.45, 7) is 5.11. The predicted molar refractivity (Wildman–Crippen MR) is 98.3 cm³/mol. The third-order valence-corrected chi connectivity index (χ3v) is 5.48. The minimum atomic E-state index is -0.185. The van der Waals surface area contributed by atoms with Crippen LogP contribution in [0.25, 0.3) is 0 Å². The number of likely N-dealkylation sites (tertiary alicyclic amines) is 1. The largest absolute Gasteiger partial charge is 0.336 e. The van der Waals surface area contributed by atoms with Crippen molar-refractivity contribution in [1.82, 2.24) is 15.2 Å². The number of aromatic nitrogens is 1. The number of carbonyl (C=O) groups excluding carboxylic acids is 1. The number of amides is 2. The first-order chi connectivity index (χ1) is 11.7. The van der Waals surface area contributed by atoms with Crippen LogP contribution < -0.4 is 10.6 Å². The summed E-state index contributed by atoms with van der Waals surface area (Å²) in [6, 6.07) is 7.93. The summed E-state index contributed by atoms with van der Waals surface area (Å²) in [7, 11) is 0. The zero-order valence-corrected chi connectivity index (χ0v) is 14.8. The van der Waals surface area contributed by atoms with E-state index in [-0.39, 0.29) is 12.1 Å². The molecule has 1 aliphatic rings. The fourth-order valence-electron chi connectivity index (χ4n) is 3.03. The van der Waals surface area contributed by atoms with Crippen LogP contribution in [0.1, 0.15) is 30.7 Å². The molecule has 1 unspecified atom stereocenters. The smallest absolute Gasteiger partial charge is 0.319 e. The van der Waals surface area contributed by atoms with Gasteiger partial charge in [-0.3, -0.25) is 9.88 Å². The number of carbonyl (C=O) groups is 1. The minimum absolute atomic E-state index is 0.185. The Hall–Kier alpha value is -1.92. The monoisotopic (exact) mass is 344 g/mol. The van der Waals surface area contributed by atoms with Crippen molar-refractivity contribution in [2.45, 2.75) is 25.8 Å². The highest BCUT2D eigenvalue weighted by atomic mass is 32.1. The van der Waals surface area contributed by atoms with Crippen LogP contribution >= 0.6 is 11.3 Å². The average molecular weight is 344 g/mol. The third kappa shape index (κ3) is 4.55. The first-order valence-corrected chi connectivity index (χ1v) is 9.32. The van der Waals surface area contributed by atoms with Gasteiger partial charge in [-0.1, -0.05) is 13.0 Å². The molecule has 5 nitrogen and oxygen atoms in total. The lowest BCUT2D eigenvalue weighted by Gasteiger charge is -2.36. The van der Waals surface area contributed by atoms with Crippen molar-refractivity contribution in [1.29, 1.82) is 0 Å². The molecule has 2 aromatic heterocycles. The van der Waals surface area contributed by atoms with Gasteiger partial charge in [0.05, 0.1) is 17.9 Å². The van der Waals surface area contributed by atoms with Gasteiger partial charge < -0.3 is 10.6 Å². The molecule has 3 heterocycles. The molecule has 0 aromatic carbocycles. The van der Waals surface area contributed by atoms with E-state index in [2.05, 4.69) is 45.0 Å². The average Bonchev–Trinajstić information content (AvgIpc) is 3.12. The zero-order chi connectivity index (χ0) is 16.8. The van der Waals surface area contributed by atoms with Crippen LogP contribution in [-0.2, 0) is 0 Å². The summed E-state index contributed by atoms with van der Waals surface area (Å²) in [6.07, 6.45) is 5.78. The van der Waals surface area contributed by atoms with E-state index in [1.54, 1.807) is 29.8 Å². The molecular weight excluding hydrogens is 320 g/mol.